The van der Waals surface area contributed by atoms with E-state index >= 15 is 4.39 Å². The molecule has 176 valence electrons. The molecule has 1 fully saturated rings. The fourth-order valence-corrected chi connectivity index (χ4v) is 3.81. The molecule has 3 aromatic rings. The summed E-state index contributed by atoms with van der Waals surface area (Å²) in [5, 5.41) is 22.0. The second-order valence-corrected chi connectivity index (χ2v) is 8.28. The third-order valence-electron chi connectivity index (χ3n) is 5.70. The van der Waals surface area contributed by atoms with E-state index in [4.69, 9.17) is 16.0 Å². The Hall–Kier alpha value is -3.85. The van der Waals surface area contributed by atoms with Crippen molar-refractivity contribution in [2.75, 3.05) is 6.54 Å². The van der Waals surface area contributed by atoms with Crippen LogP contribution in [0.25, 0.3) is 10.9 Å². The van der Waals surface area contributed by atoms with Gasteiger partial charge in [0, 0.05) is 41.7 Å². The van der Waals surface area contributed by atoms with E-state index in [1.807, 2.05) is 30.3 Å². The minimum absolute atomic E-state index is 0.0112. The molecule has 4 N–H and O–H groups in total. The Bertz CT molecular complexity index is 1330. The standard InChI is InChI=1S/C25H25FN4O4/c26-21-11-19-23(30(17-6-7-17)13-20(24(19)31)25(32)33)12-18(21)22(28)10-16(8-9-27)29-34-14-15-4-2-1-3-5-15/h1-5,11-13,17,28H,6-10,14,27H2,(H,32,33). The number of fused-ring (bicyclic) bond motifs is 1. The number of nitrogens with one attached hydrogen (secondary N) is 1. The highest BCUT2D eigenvalue weighted by atomic mass is 19.1. The first-order valence-electron chi connectivity index (χ1n) is 11.0. The Morgan fingerprint density at radius 3 is 2.62 bits per heavy atom. The molecule has 0 atom stereocenters. The molecule has 2 aromatic carbocycles. The van der Waals surface area contributed by atoms with Crippen LogP contribution in [0, 0.1) is 11.2 Å². The zero-order valence-corrected chi connectivity index (χ0v) is 18.5. The number of hydrogen-bond acceptors (Lipinski definition) is 6. The molecule has 1 aliphatic carbocycles. The van der Waals surface area contributed by atoms with E-state index in [9.17, 15) is 14.7 Å². The van der Waals surface area contributed by atoms with Crippen LogP contribution < -0.4 is 11.2 Å². The molecule has 1 aliphatic rings. The van der Waals surface area contributed by atoms with Gasteiger partial charge in [0.2, 0.25) is 5.43 Å². The number of pyridine rings is 1. The number of carbonyl (C=O) groups is 1. The minimum atomic E-state index is -1.35. The third-order valence-corrected chi connectivity index (χ3v) is 5.70. The molecule has 4 rings (SSSR count). The Morgan fingerprint density at radius 1 is 1.24 bits per heavy atom. The molecular weight excluding hydrogens is 439 g/mol. The molecule has 0 bridgehead atoms. The van der Waals surface area contributed by atoms with Crippen LogP contribution in [0.3, 0.4) is 0 Å². The van der Waals surface area contributed by atoms with E-state index in [2.05, 4.69) is 5.16 Å². The average Bonchev–Trinajstić information content (AvgIpc) is 3.65. The highest BCUT2D eigenvalue weighted by Gasteiger charge is 2.27. The first kappa shape index (κ1) is 23.3. The fraction of sp³-hybridized carbons (Fsp3) is 0.280. The van der Waals surface area contributed by atoms with Crippen LogP contribution in [0.15, 0.2) is 58.6 Å². The first-order valence-corrected chi connectivity index (χ1v) is 11.0. The summed E-state index contributed by atoms with van der Waals surface area (Å²) < 4.78 is 16.7. The van der Waals surface area contributed by atoms with Gasteiger partial charge < -0.3 is 25.7 Å². The predicted molar refractivity (Wildman–Crippen MR) is 127 cm³/mol. The molecule has 0 unspecified atom stereocenters. The van der Waals surface area contributed by atoms with Crippen molar-refractivity contribution < 1.29 is 19.1 Å². The van der Waals surface area contributed by atoms with Gasteiger partial charge in [-0.15, -0.1) is 0 Å². The van der Waals surface area contributed by atoms with E-state index in [-0.39, 0.29) is 35.7 Å². The maximum absolute atomic E-state index is 15.0. The van der Waals surface area contributed by atoms with Gasteiger partial charge in [0.25, 0.3) is 0 Å². The fourth-order valence-electron chi connectivity index (χ4n) is 3.81. The smallest absolute Gasteiger partial charge is 0.341 e. The van der Waals surface area contributed by atoms with Crippen LogP contribution in [0.1, 0.15) is 53.2 Å². The molecular formula is C25H25FN4O4. The van der Waals surface area contributed by atoms with Gasteiger partial charge in [-0.25, -0.2) is 9.18 Å². The normalized spacial score (nSPS) is 13.8. The van der Waals surface area contributed by atoms with Crippen LogP contribution in [-0.2, 0) is 11.4 Å². The Morgan fingerprint density at radius 2 is 1.97 bits per heavy atom. The molecule has 8 nitrogen and oxygen atoms in total. The van der Waals surface area contributed by atoms with Gasteiger partial charge in [-0.1, -0.05) is 35.5 Å². The summed E-state index contributed by atoms with van der Waals surface area (Å²) in [6.07, 6.45) is 3.39. The second-order valence-electron chi connectivity index (χ2n) is 8.28. The minimum Gasteiger partial charge on any atom is -0.477 e. The highest BCUT2D eigenvalue weighted by molar-refractivity contribution is 6.12. The quantitative estimate of drug-likeness (QED) is 0.310. The summed E-state index contributed by atoms with van der Waals surface area (Å²) in [6.45, 7) is 0.548. The van der Waals surface area contributed by atoms with Crippen LogP contribution in [0.5, 0.6) is 0 Å². The number of aromatic carboxylic acids is 1. The lowest BCUT2D eigenvalue weighted by molar-refractivity contribution is 0.0695. The van der Waals surface area contributed by atoms with Crippen molar-refractivity contribution in [2.24, 2.45) is 10.9 Å². The van der Waals surface area contributed by atoms with Gasteiger partial charge in [0.05, 0.1) is 11.2 Å². The van der Waals surface area contributed by atoms with Gasteiger partial charge in [-0.2, -0.15) is 0 Å². The zero-order chi connectivity index (χ0) is 24.2. The number of oxime groups is 1. The number of nitrogens with two attached hydrogens (primary N) is 1. The first-order chi connectivity index (χ1) is 16.4. The summed E-state index contributed by atoms with van der Waals surface area (Å²) in [5.74, 6) is -2.12. The average molecular weight is 464 g/mol. The van der Waals surface area contributed by atoms with E-state index in [0.29, 0.717) is 24.2 Å². The summed E-state index contributed by atoms with van der Waals surface area (Å²) >= 11 is 0. The summed E-state index contributed by atoms with van der Waals surface area (Å²) in [7, 11) is 0. The number of carboxylic acid groups (broad SMARTS) is 1. The van der Waals surface area contributed by atoms with E-state index in [0.717, 1.165) is 24.5 Å². The zero-order valence-electron chi connectivity index (χ0n) is 18.5. The largest absolute Gasteiger partial charge is 0.477 e. The van der Waals surface area contributed by atoms with E-state index in [1.54, 1.807) is 4.57 Å². The van der Waals surface area contributed by atoms with Crippen LogP contribution in [-0.4, -0.2) is 33.6 Å². The molecule has 34 heavy (non-hydrogen) atoms. The monoisotopic (exact) mass is 464 g/mol. The van der Waals surface area contributed by atoms with Crippen LogP contribution in [0.2, 0.25) is 0 Å². The lowest BCUT2D eigenvalue weighted by atomic mass is 10.00. The number of halogens is 1. The van der Waals surface area contributed by atoms with Crippen molar-refractivity contribution in [3.63, 3.8) is 0 Å². The molecule has 0 radical (unpaired) electrons. The molecule has 1 heterocycles. The molecule has 9 heteroatoms. The lowest BCUT2D eigenvalue weighted by Crippen LogP contribution is -2.20. The summed E-state index contributed by atoms with van der Waals surface area (Å²) in [6, 6.07) is 12.0. The number of hydrogen-bond donors (Lipinski definition) is 3. The van der Waals surface area contributed by atoms with Crippen molar-refractivity contribution in [2.45, 2.75) is 38.3 Å². The van der Waals surface area contributed by atoms with E-state index < -0.39 is 22.8 Å². The molecule has 0 spiro atoms. The summed E-state index contributed by atoms with van der Waals surface area (Å²) in [4.78, 5) is 29.6. The maximum atomic E-state index is 15.0. The third kappa shape index (κ3) is 5.04. The number of benzene rings is 2. The van der Waals surface area contributed by atoms with Gasteiger partial charge in [-0.3, -0.25) is 4.79 Å². The molecule has 1 aromatic heterocycles. The van der Waals surface area contributed by atoms with Gasteiger partial charge in [0.1, 0.15) is 18.0 Å². The van der Waals surface area contributed by atoms with Crippen molar-refractivity contribution in [3.8, 4) is 0 Å². The van der Waals surface area contributed by atoms with Gasteiger partial charge in [0.15, 0.2) is 0 Å². The van der Waals surface area contributed by atoms with Gasteiger partial charge >= 0.3 is 5.97 Å². The summed E-state index contributed by atoms with van der Waals surface area (Å²) in [5.41, 5.74) is 6.39. The van der Waals surface area contributed by atoms with Crippen molar-refractivity contribution in [3.05, 3.63) is 81.4 Å². The van der Waals surface area contributed by atoms with Gasteiger partial charge in [-0.05, 0) is 37.1 Å². The topological polar surface area (TPSA) is 131 Å². The van der Waals surface area contributed by atoms with Crippen molar-refractivity contribution >= 4 is 28.3 Å². The number of carboxylic acids is 1. The number of aromatic nitrogens is 1. The molecule has 0 amide bonds. The number of rotatable bonds is 10. The Balaban J connectivity index is 1.63. The molecule has 1 saturated carbocycles. The van der Waals surface area contributed by atoms with E-state index in [1.165, 1.54) is 12.3 Å². The molecule has 0 saturated heterocycles. The van der Waals surface area contributed by atoms with Crippen molar-refractivity contribution in [1.82, 2.24) is 4.57 Å². The van der Waals surface area contributed by atoms with Crippen LogP contribution in [0.4, 0.5) is 4.39 Å². The molecule has 0 aliphatic heterocycles. The highest BCUT2D eigenvalue weighted by Crippen LogP contribution is 2.37. The predicted octanol–water partition coefficient (Wildman–Crippen LogP) is 3.85. The maximum Gasteiger partial charge on any atom is 0.341 e. The number of nitrogens with zero attached hydrogens (tertiary/aromatic N) is 2. The van der Waals surface area contributed by atoms with Crippen LogP contribution >= 0.6 is 0 Å². The second kappa shape index (κ2) is 9.96. The SMILES string of the molecule is N=C(CC(CCN)=NOCc1ccccc1)c1cc2c(cc1F)c(=O)c(C(=O)O)cn2C1CC1. The Kier molecular flexibility index (Phi) is 6.83. The lowest BCUT2D eigenvalue weighted by Gasteiger charge is -2.14. The van der Waals surface area contributed by atoms with Crippen molar-refractivity contribution in [1.29, 1.82) is 5.41 Å². The Labute approximate surface area is 195 Å².